The molecule has 4 heteroatoms. The van der Waals surface area contributed by atoms with Gasteiger partial charge < -0.3 is 4.74 Å². The van der Waals surface area contributed by atoms with Crippen molar-refractivity contribution in [2.75, 3.05) is 26.2 Å². The zero-order valence-electron chi connectivity index (χ0n) is 10.8. The molecule has 0 aromatic carbocycles. The highest BCUT2D eigenvalue weighted by Crippen LogP contribution is 2.14. The molecule has 1 rings (SSSR count). The van der Waals surface area contributed by atoms with E-state index in [0.29, 0.717) is 0 Å². The Morgan fingerprint density at radius 3 is 2.44 bits per heavy atom. The molecule has 1 fully saturated rings. The number of nitrogens with zero attached hydrogens (tertiary/aromatic N) is 2. The molecule has 0 aromatic rings. The van der Waals surface area contributed by atoms with Gasteiger partial charge in [-0.15, -0.1) is 0 Å². The van der Waals surface area contributed by atoms with E-state index in [0.717, 1.165) is 26.2 Å². The minimum absolute atomic E-state index is 0.258. The van der Waals surface area contributed by atoms with Crippen molar-refractivity contribution in [3.05, 3.63) is 0 Å². The average molecular weight is 225 g/mol. The Morgan fingerprint density at radius 1 is 1.44 bits per heavy atom. The first kappa shape index (κ1) is 13.4. The molecule has 0 bridgehead atoms. The van der Waals surface area contributed by atoms with Crippen molar-refractivity contribution in [3.8, 4) is 6.07 Å². The Morgan fingerprint density at radius 2 is 2.00 bits per heavy atom. The molecular weight excluding hydrogens is 202 g/mol. The molecule has 1 saturated heterocycles. The Kier molecular flexibility index (Phi) is 4.72. The molecule has 0 spiro atoms. The van der Waals surface area contributed by atoms with Crippen LogP contribution in [0.5, 0.6) is 0 Å². The van der Waals surface area contributed by atoms with E-state index < -0.39 is 5.54 Å². The summed E-state index contributed by atoms with van der Waals surface area (Å²) >= 11 is 0. The van der Waals surface area contributed by atoms with Crippen LogP contribution in [0.4, 0.5) is 0 Å². The second-order valence-electron chi connectivity index (χ2n) is 4.93. The van der Waals surface area contributed by atoms with Crippen LogP contribution in [-0.4, -0.2) is 48.8 Å². The number of rotatable bonds is 4. The van der Waals surface area contributed by atoms with E-state index >= 15 is 0 Å². The van der Waals surface area contributed by atoms with E-state index in [9.17, 15) is 5.26 Å². The number of morpholine rings is 1. The molecule has 1 aliphatic rings. The van der Waals surface area contributed by atoms with Crippen molar-refractivity contribution in [2.24, 2.45) is 0 Å². The lowest BCUT2D eigenvalue weighted by molar-refractivity contribution is -0.0714. The summed E-state index contributed by atoms with van der Waals surface area (Å²) in [6, 6.07) is 2.36. The van der Waals surface area contributed by atoms with Gasteiger partial charge in [-0.1, -0.05) is 6.92 Å². The highest BCUT2D eigenvalue weighted by molar-refractivity contribution is 5.06. The summed E-state index contributed by atoms with van der Waals surface area (Å²) in [6.07, 6.45) is 0.515. The molecule has 1 N–H and O–H groups in total. The zero-order chi connectivity index (χ0) is 12.2. The van der Waals surface area contributed by atoms with E-state index in [2.05, 4.69) is 30.1 Å². The largest absolute Gasteiger partial charge is 0.373 e. The summed E-state index contributed by atoms with van der Waals surface area (Å²) in [5.74, 6) is 0. The number of hydrogen-bond donors (Lipinski definition) is 1. The van der Waals surface area contributed by atoms with Crippen LogP contribution in [0.1, 0.15) is 27.7 Å². The predicted octanol–water partition coefficient (Wildman–Crippen LogP) is 0.987. The van der Waals surface area contributed by atoms with Gasteiger partial charge in [-0.3, -0.25) is 10.2 Å². The Hall–Kier alpha value is -0.630. The van der Waals surface area contributed by atoms with Crippen LogP contribution in [0.15, 0.2) is 0 Å². The maximum absolute atomic E-state index is 9.21. The zero-order valence-corrected chi connectivity index (χ0v) is 10.8. The number of likely N-dealkylation sites (N-methyl/N-ethyl adjacent to an activating group) is 1. The normalized spacial score (nSPS) is 30.7. The fraction of sp³-hybridized carbons (Fsp3) is 0.917. The molecule has 0 saturated carbocycles. The quantitative estimate of drug-likeness (QED) is 0.775. The van der Waals surface area contributed by atoms with E-state index in [1.807, 2.05) is 13.8 Å². The highest BCUT2D eigenvalue weighted by Gasteiger charge is 2.30. The summed E-state index contributed by atoms with van der Waals surface area (Å²) in [5.41, 5.74) is -0.453. The monoisotopic (exact) mass is 225 g/mol. The summed E-state index contributed by atoms with van der Waals surface area (Å²) in [7, 11) is 0. The second kappa shape index (κ2) is 5.62. The third kappa shape index (κ3) is 3.75. The fourth-order valence-electron chi connectivity index (χ4n) is 2.38. The van der Waals surface area contributed by atoms with Crippen LogP contribution < -0.4 is 5.32 Å². The molecule has 1 aliphatic heterocycles. The molecule has 92 valence electrons. The van der Waals surface area contributed by atoms with Gasteiger partial charge in [0.1, 0.15) is 5.54 Å². The first-order chi connectivity index (χ1) is 7.49. The van der Waals surface area contributed by atoms with Crippen LogP contribution in [0.3, 0.4) is 0 Å². The van der Waals surface area contributed by atoms with Gasteiger partial charge in [0.15, 0.2) is 0 Å². The van der Waals surface area contributed by atoms with Crippen molar-refractivity contribution < 1.29 is 4.74 Å². The standard InChI is InChI=1S/C12H23N3O/c1-5-14-12(4,8-13)9-15-6-10(2)16-11(3)7-15/h10-11,14H,5-7,9H2,1-4H3. The molecule has 0 aromatic heterocycles. The fourth-order valence-corrected chi connectivity index (χ4v) is 2.38. The van der Waals surface area contributed by atoms with Gasteiger partial charge >= 0.3 is 0 Å². The summed E-state index contributed by atoms with van der Waals surface area (Å²) in [5, 5.41) is 12.5. The summed E-state index contributed by atoms with van der Waals surface area (Å²) in [6.45, 7) is 11.6. The van der Waals surface area contributed by atoms with Gasteiger partial charge in [-0.05, 0) is 27.3 Å². The average Bonchev–Trinajstić information content (AvgIpc) is 2.16. The van der Waals surface area contributed by atoms with Gasteiger partial charge in [0.2, 0.25) is 0 Å². The van der Waals surface area contributed by atoms with Gasteiger partial charge in [-0.25, -0.2) is 0 Å². The van der Waals surface area contributed by atoms with E-state index in [-0.39, 0.29) is 12.2 Å². The molecule has 0 radical (unpaired) electrons. The Labute approximate surface area is 98.6 Å². The lowest BCUT2D eigenvalue weighted by atomic mass is 10.0. The number of nitriles is 1. The number of ether oxygens (including phenoxy) is 1. The molecule has 0 aliphatic carbocycles. The molecular formula is C12H23N3O. The SMILES string of the molecule is CCNC(C)(C#N)CN1CC(C)OC(C)C1. The molecule has 3 unspecified atom stereocenters. The van der Waals surface area contributed by atoms with Gasteiger partial charge in [0.05, 0.1) is 18.3 Å². The first-order valence-corrected chi connectivity index (χ1v) is 6.03. The minimum Gasteiger partial charge on any atom is -0.373 e. The van der Waals surface area contributed by atoms with E-state index in [1.165, 1.54) is 0 Å². The predicted molar refractivity (Wildman–Crippen MR) is 64.1 cm³/mol. The van der Waals surface area contributed by atoms with Crippen molar-refractivity contribution in [1.29, 1.82) is 5.26 Å². The molecule has 1 heterocycles. The summed E-state index contributed by atoms with van der Waals surface area (Å²) < 4.78 is 5.68. The maximum atomic E-state index is 9.21. The number of nitrogens with one attached hydrogen (secondary N) is 1. The lowest BCUT2D eigenvalue weighted by Gasteiger charge is -2.38. The molecule has 16 heavy (non-hydrogen) atoms. The van der Waals surface area contributed by atoms with E-state index in [4.69, 9.17) is 4.74 Å². The lowest BCUT2D eigenvalue weighted by Crippen LogP contribution is -2.55. The van der Waals surface area contributed by atoms with Gasteiger partial charge in [0, 0.05) is 19.6 Å². The number of hydrogen-bond acceptors (Lipinski definition) is 4. The first-order valence-electron chi connectivity index (χ1n) is 6.03. The van der Waals surface area contributed by atoms with Gasteiger partial charge in [0.25, 0.3) is 0 Å². The molecule has 3 atom stereocenters. The Bertz CT molecular complexity index is 253. The minimum atomic E-state index is -0.453. The molecule has 0 amide bonds. The second-order valence-corrected chi connectivity index (χ2v) is 4.93. The Balaban J connectivity index is 2.55. The maximum Gasteiger partial charge on any atom is 0.116 e. The smallest absolute Gasteiger partial charge is 0.116 e. The summed E-state index contributed by atoms with van der Waals surface area (Å²) in [4.78, 5) is 2.31. The third-order valence-electron chi connectivity index (χ3n) is 2.85. The van der Waals surface area contributed by atoms with Crippen LogP contribution in [0.2, 0.25) is 0 Å². The van der Waals surface area contributed by atoms with Crippen molar-refractivity contribution in [3.63, 3.8) is 0 Å². The van der Waals surface area contributed by atoms with Crippen molar-refractivity contribution >= 4 is 0 Å². The van der Waals surface area contributed by atoms with Crippen molar-refractivity contribution in [1.82, 2.24) is 10.2 Å². The van der Waals surface area contributed by atoms with Crippen LogP contribution in [0, 0.1) is 11.3 Å². The third-order valence-corrected chi connectivity index (χ3v) is 2.85. The van der Waals surface area contributed by atoms with Crippen LogP contribution in [0.25, 0.3) is 0 Å². The topological polar surface area (TPSA) is 48.3 Å². The van der Waals surface area contributed by atoms with Crippen molar-refractivity contribution in [2.45, 2.75) is 45.4 Å². The van der Waals surface area contributed by atoms with E-state index in [1.54, 1.807) is 0 Å². The van der Waals surface area contributed by atoms with Crippen LogP contribution >= 0.6 is 0 Å². The van der Waals surface area contributed by atoms with Gasteiger partial charge in [-0.2, -0.15) is 5.26 Å². The highest BCUT2D eigenvalue weighted by atomic mass is 16.5. The van der Waals surface area contributed by atoms with Crippen LogP contribution in [-0.2, 0) is 4.74 Å². The molecule has 4 nitrogen and oxygen atoms in total.